The first-order chi connectivity index (χ1) is 8.56. The molecule has 94 valence electrons. The Morgan fingerprint density at radius 2 is 1.94 bits per heavy atom. The van der Waals surface area contributed by atoms with Crippen LogP contribution < -0.4 is 11.1 Å². The fourth-order valence-electron chi connectivity index (χ4n) is 1.78. The molecule has 2 rings (SSSR count). The molecule has 2 aromatic rings. The summed E-state index contributed by atoms with van der Waals surface area (Å²) in [5, 5.41) is 3.05. The Balaban J connectivity index is 2.11. The molecule has 0 saturated heterocycles. The van der Waals surface area contributed by atoms with E-state index >= 15 is 0 Å². The molecule has 0 fully saturated rings. The van der Waals surface area contributed by atoms with Gasteiger partial charge in [0.1, 0.15) is 11.6 Å². The first-order valence-electron chi connectivity index (χ1n) is 5.64. The molecular formula is C13H15FN4. The lowest BCUT2D eigenvalue weighted by Crippen LogP contribution is -2.05. The summed E-state index contributed by atoms with van der Waals surface area (Å²) in [6.07, 6.45) is 1.59. The monoisotopic (exact) mass is 246 g/mol. The van der Waals surface area contributed by atoms with Crippen molar-refractivity contribution in [2.24, 2.45) is 0 Å². The van der Waals surface area contributed by atoms with Gasteiger partial charge in [0.25, 0.3) is 0 Å². The average molecular weight is 246 g/mol. The molecule has 0 aliphatic rings. The highest BCUT2D eigenvalue weighted by atomic mass is 19.1. The lowest BCUT2D eigenvalue weighted by atomic mass is 10.1. The molecule has 0 saturated carbocycles. The molecule has 1 aromatic carbocycles. The van der Waals surface area contributed by atoms with Gasteiger partial charge in [-0.2, -0.15) is 4.98 Å². The van der Waals surface area contributed by atoms with E-state index in [-0.39, 0.29) is 5.82 Å². The molecule has 0 unspecified atom stereocenters. The Morgan fingerprint density at radius 1 is 1.28 bits per heavy atom. The van der Waals surface area contributed by atoms with Crippen molar-refractivity contribution in [1.29, 1.82) is 0 Å². The van der Waals surface area contributed by atoms with Crippen molar-refractivity contribution in [1.82, 2.24) is 9.97 Å². The maximum absolute atomic E-state index is 13.5. The molecule has 0 bridgehead atoms. The Labute approximate surface area is 105 Å². The molecule has 5 heteroatoms. The predicted molar refractivity (Wildman–Crippen MR) is 69.6 cm³/mol. The zero-order valence-electron chi connectivity index (χ0n) is 10.4. The number of rotatable bonds is 3. The number of nitrogen functional groups attached to an aromatic ring is 1. The SMILES string of the molecule is Cc1cc(CNc2nccc(N)n2)cc(C)c1F. The minimum absolute atomic E-state index is 0.154. The van der Waals surface area contributed by atoms with E-state index in [0.29, 0.717) is 29.4 Å². The van der Waals surface area contributed by atoms with Crippen LogP contribution in [0, 0.1) is 19.7 Å². The predicted octanol–water partition coefficient (Wildman–Crippen LogP) is 2.43. The number of aryl methyl sites for hydroxylation is 2. The first-order valence-corrected chi connectivity index (χ1v) is 5.64. The molecular weight excluding hydrogens is 231 g/mol. The summed E-state index contributed by atoms with van der Waals surface area (Å²) in [6, 6.07) is 5.24. The second kappa shape index (κ2) is 5.00. The van der Waals surface area contributed by atoms with Crippen molar-refractivity contribution >= 4 is 11.8 Å². The smallest absolute Gasteiger partial charge is 0.224 e. The molecule has 4 nitrogen and oxygen atoms in total. The summed E-state index contributed by atoms with van der Waals surface area (Å²) in [7, 11) is 0. The molecule has 0 amide bonds. The third-order valence-corrected chi connectivity index (χ3v) is 2.62. The van der Waals surface area contributed by atoms with Gasteiger partial charge in [0.05, 0.1) is 0 Å². The van der Waals surface area contributed by atoms with Crippen LogP contribution in [-0.2, 0) is 6.54 Å². The molecule has 0 aliphatic heterocycles. The fourth-order valence-corrected chi connectivity index (χ4v) is 1.78. The first kappa shape index (κ1) is 12.3. The molecule has 0 atom stereocenters. The van der Waals surface area contributed by atoms with Crippen LogP contribution in [0.2, 0.25) is 0 Å². The van der Waals surface area contributed by atoms with E-state index in [0.717, 1.165) is 5.56 Å². The van der Waals surface area contributed by atoms with Crippen molar-refractivity contribution < 1.29 is 4.39 Å². The lowest BCUT2D eigenvalue weighted by Gasteiger charge is -2.08. The number of nitrogens with one attached hydrogen (secondary N) is 1. The van der Waals surface area contributed by atoms with Gasteiger partial charge in [-0.15, -0.1) is 0 Å². The van der Waals surface area contributed by atoms with Gasteiger partial charge in [0.15, 0.2) is 0 Å². The van der Waals surface area contributed by atoms with Crippen LogP contribution in [0.1, 0.15) is 16.7 Å². The van der Waals surface area contributed by atoms with Crippen LogP contribution in [0.4, 0.5) is 16.2 Å². The van der Waals surface area contributed by atoms with Gasteiger partial charge in [0, 0.05) is 12.7 Å². The van der Waals surface area contributed by atoms with E-state index in [9.17, 15) is 4.39 Å². The van der Waals surface area contributed by atoms with Crippen molar-refractivity contribution in [2.75, 3.05) is 11.1 Å². The van der Waals surface area contributed by atoms with Crippen LogP contribution >= 0.6 is 0 Å². The second-order valence-electron chi connectivity index (χ2n) is 4.20. The van der Waals surface area contributed by atoms with Crippen molar-refractivity contribution in [3.05, 3.63) is 46.9 Å². The van der Waals surface area contributed by atoms with Crippen molar-refractivity contribution in [3.63, 3.8) is 0 Å². The minimum Gasteiger partial charge on any atom is -0.384 e. The van der Waals surface area contributed by atoms with Crippen LogP contribution in [0.5, 0.6) is 0 Å². The van der Waals surface area contributed by atoms with E-state index in [2.05, 4.69) is 15.3 Å². The van der Waals surface area contributed by atoms with Gasteiger partial charge in [0.2, 0.25) is 5.95 Å². The summed E-state index contributed by atoms with van der Waals surface area (Å²) < 4.78 is 13.5. The standard InChI is InChI=1S/C13H15FN4/c1-8-5-10(6-9(2)12(8)14)7-17-13-16-4-3-11(15)18-13/h3-6H,7H2,1-2H3,(H3,15,16,17,18). The number of nitrogens with zero attached hydrogens (tertiary/aromatic N) is 2. The second-order valence-corrected chi connectivity index (χ2v) is 4.20. The highest BCUT2D eigenvalue weighted by Crippen LogP contribution is 2.15. The number of nitrogens with two attached hydrogens (primary N) is 1. The molecule has 1 heterocycles. The Hall–Kier alpha value is -2.17. The van der Waals surface area contributed by atoms with Crippen LogP contribution in [0.3, 0.4) is 0 Å². The van der Waals surface area contributed by atoms with Gasteiger partial charge in [-0.25, -0.2) is 9.37 Å². The number of benzene rings is 1. The van der Waals surface area contributed by atoms with Gasteiger partial charge >= 0.3 is 0 Å². The number of anilines is 2. The Morgan fingerprint density at radius 3 is 2.56 bits per heavy atom. The number of hydrogen-bond acceptors (Lipinski definition) is 4. The van der Waals surface area contributed by atoms with Crippen molar-refractivity contribution in [3.8, 4) is 0 Å². The van der Waals surface area contributed by atoms with E-state index < -0.39 is 0 Å². The normalized spacial score (nSPS) is 10.4. The largest absolute Gasteiger partial charge is 0.384 e. The van der Waals surface area contributed by atoms with E-state index in [1.165, 1.54) is 0 Å². The zero-order chi connectivity index (χ0) is 13.1. The Bertz CT molecular complexity index is 546. The number of hydrogen-bond donors (Lipinski definition) is 2. The Kier molecular flexibility index (Phi) is 3.41. The average Bonchev–Trinajstić information content (AvgIpc) is 2.33. The fraction of sp³-hybridized carbons (Fsp3) is 0.231. The van der Waals surface area contributed by atoms with Crippen molar-refractivity contribution in [2.45, 2.75) is 20.4 Å². The molecule has 0 spiro atoms. The molecule has 18 heavy (non-hydrogen) atoms. The molecule has 0 radical (unpaired) electrons. The van der Waals surface area contributed by atoms with E-state index in [1.54, 1.807) is 26.1 Å². The zero-order valence-corrected chi connectivity index (χ0v) is 10.4. The number of halogens is 1. The van der Waals surface area contributed by atoms with Crippen LogP contribution in [0.15, 0.2) is 24.4 Å². The van der Waals surface area contributed by atoms with Gasteiger partial charge in [-0.3, -0.25) is 0 Å². The van der Waals surface area contributed by atoms with Crippen LogP contribution in [-0.4, -0.2) is 9.97 Å². The summed E-state index contributed by atoms with van der Waals surface area (Å²) in [4.78, 5) is 8.07. The summed E-state index contributed by atoms with van der Waals surface area (Å²) in [5.41, 5.74) is 7.82. The highest BCUT2D eigenvalue weighted by molar-refractivity contribution is 5.37. The molecule has 1 aromatic heterocycles. The summed E-state index contributed by atoms with van der Waals surface area (Å²) >= 11 is 0. The quantitative estimate of drug-likeness (QED) is 0.873. The highest BCUT2D eigenvalue weighted by Gasteiger charge is 2.04. The summed E-state index contributed by atoms with van der Waals surface area (Å²) in [6.45, 7) is 4.04. The van der Waals surface area contributed by atoms with Gasteiger partial charge < -0.3 is 11.1 Å². The van der Waals surface area contributed by atoms with Crippen LogP contribution in [0.25, 0.3) is 0 Å². The third-order valence-electron chi connectivity index (χ3n) is 2.62. The number of aromatic nitrogens is 2. The molecule has 0 aliphatic carbocycles. The third kappa shape index (κ3) is 2.74. The lowest BCUT2D eigenvalue weighted by molar-refractivity contribution is 0.608. The van der Waals surface area contributed by atoms with Gasteiger partial charge in [-0.05, 0) is 36.6 Å². The van der Waals surface area contributed by atoms with E-state index in [1.807, 2.05) is 12.1 Å². The van der Waals surface area contributed by atoms with E-state index in [4.69, 9.17) is 5.73 Å². The summed E-state index contributed by atoms with van der Waals surface area (Å²) in [5.74, 6) is 0.729. The topological polar surface area (TPSA) is 63.8 Å². The van der Waals surface area contributed by atoms with Gasteiger partial charge in [-0.1, -0.05) is 12.1 Å². The minimum atomic E-state index is -0.154. The maximum Gasteiger partial charge on any atom is 0.224 e. The maximum atomic E-state index is 13.5. The molecule has 3 N–H and O–H groups in total.